The summed E-state index contributed by atoms with van der Waals surface area (Å²) in [6.07, 6.45) is 2.96. The Balaban J connectivity index is 1.81. The topological polar surface area (TPSA) is 49.3 Å². The highest BCUT2D eigenvalue weighted by atomic mass is 79.9. The molecule has 0 aliphatic carbocycles. The van der Waals surface area contributed by atoms with E-state index in [1.54, 1.807) is 0 Å². The Morgan fingerprint density at radius 3 is 2.60 bits per heavy atom. The SMILES string of the molecule is O=C(O)CCCCCNc1ccc2cc(Br)ccc2c1. The lowest BCUT2D eigenvalue weighted by atomic mass is 10.1. The second-order valence-electron chi connectivity index (χ2n) is 4.84. The van der Waals surface area contributed by atoms with Gasteiger partial charge in [0.05, 0.1) is 0 Å². The van der Waals surface area contributed by atoms with Gasteiger partial charge in [-0.2, -0.15) is 0 Å². The molecule has 0 aromatic heterocycles. The van der Waals surface area contributed by atoms with E-state index in [0.717, 1.165) is 36.0 Å². The van der Waals surface area contributed by atoms with Crippen molar-refractivity contribution in [2.45, 2.75) is 25.7 Å². The van der Waals surface area contributed by atoms with Gasteiger partial charge in [-0.05, 0) is 47.9 Å². The van der Waals surface area contributed by atoms with E-state index in [1.807, 2.05) is 6.07 Å². The van der Waals surface area contributed by atoms with Crippen molar-refractivity contribution in [1.29, 1.82) is 0 Å². The van der Waals surface area contributed by atoms with Gasteiger partial charge in [0.15, 0.2) is 0 Å². The van der Waals surface area contributed by atoms with Gasteiger partial charge >= 0.3 is 5.97 Å². The Labute approximate surface area is 127 Å². The van der Waals surface area contributed by atoms with Crippen LogP contribution in [-0.2, 0) is 4.79 Å². The molecule has 20 heavy (non-hydrogen) atoms. The summed E-state index contributed by atoms with van der Waals surface area (Å²) in [5, 5.41) is 14.4. The number of aliphatic carboxylic acids is 1. The van der Waals surface area contributed by atoms with Crippen LogP contribution in [-0.4, -0.2) is 17.6 Å². The number of benzene rings is 2. The molecule has 0 heterocycles. The molecule has 0 unspecified atom stereocenters. The molecule has 0 saturated heterocycles. The Hall–Kier alpha value is -1.55. The first-order valence-electron chi connectivity index (χ1n) is 6.80. The Bertz CT molecular complexity index is 598. The van der Waals surface area contributed by atoms with Gasteiger partial charge in [0, 0.05) is 23.1 Å². The molecule has 3 nitrogen and oxygen atoms in total. The molecular formula is C16H18BrNO2. The monoisotopic (exact) mass is 335 g/mol. The number of rotatable bonds is 7. The minimum atomic E-state index is -0.710. The molecular weight excluding hydrogens is 318 g/mol. The van der Waals surface area contributed by atoms with Crippen molar-refractivity contribution in [3.8, 4) is 0 Å². The van der Waals surface area contributed by atoms with Crippen molar-refractivity contribution >= 4 is 38.4 Å². The van der Waals surface area contributed by atoms with Gasteiger partial charge in [-0.25, -0.2) is 0 Å². The van der Waals surface area contributed by atoms with Crippen LogP contribution in [0.1, 0.15) is 25.7 Å². The fourth-order valence-electron chi connectivity index (χ4n) is 2.14. The Kier molecular flexibility index (Phi) is 5.41. The number of hydrogen-bond donors (Lipinski definition) is 2. The first-order valence-corrected chi connectivity index (χ1v) is 7.59. The summed E-state index contributed by atoms with van der Waals surface area (Å²) >= 11 is 3.47. The number of unbranched alkanes of at least 4 members (excludes halogenated alkanes) is 2. The normalized spacial score (nSPS) is 10.7. The number of nitrogens with one attached hydrogen (secondary N) is 1. The van der Waals surface area contributed by atoms with Crippen LogP contribution in [0, 0.1) is 0 Å². The van der Waals surface area contributed by atoms with Crippen molar-refractivity contribution in [2.75, 3.05) is 11.9 Å². The number of hydrogen-bond acceptors (Lipinski definition) is 2. The highest BCUT2D eigenvalue weighted by Gasteiger charge is 1.99. The van der Waals surface area contributed by atoms with E-state index >= 15 is 0 Å². The van der Waals surface area contributed by atoms with E-state index in [4.69, 9.17) is 5.11 Å². The lowest BCUT2D eigenvalue weighted by Crippen LogP contribution is -2.02. The average molecular weight is 336 g/mol. The number of anilines is 1. The molecule has 2 rings (SSSR count). The van der Waals surface area contributed by atoms with E-state index in [9.17, 15) is 4.79 Å². The molecule has 0 spiro atoms. The Morgan fingerprint density at radius 2 is 1.80 bits per heavy atom. The third kappa shape index (κ3) is 4.53. The average Bonchev–Trinajstić information content (AvgIpc) is 2.42. The summed E-state index contributed by atoms with van der Waals surface area (Å²) in [5.74, 6) is -0.710. The van der Waals surface area contributed by atoms with Gasteiger partial charge in [0.2, 0.25) is 0 Å². The summed E-state index contributed by atoms with van der Waals surface area (Å²) in [5.41, 5.74) is 1.11. The zero-order valence-electron chi connectivity index (χ0n) is 11.2. The maximum Gasteiger partial charge on any atom is 0.303 e. The third-order valence-corrected chi connectivity index (χ3v) is 3.69. The summed E-state index contributed by atoms with van der Waals surface area (Å²) in [7, 11) is 0. The van der Waals surface area contributed by atoms with Crippen LogP contribution in [0.15, 0.2) is 40.9 Å². The minimum absolute atomic E-state index is 0.269. The van der Waals surface area contributed by atoms with Crippen LogP contribution in [0.25, 0.3) is 10.8 Å². The lowest BCUT2D eigenvalue weighted by molar-refractivity contribution is -0.137. The van der Waals surface area contributed by atoms with Crippen LogP contribution in [0.4, 0.5) is 5.69 Å². The Morgan fingerprint density at radius 1 is 1.05 bits per heavy atom. The number of carboxylic acid groups (broad SMARTS) is 1. The van der Waals surface area contributed by atoms with Crippen molar-refractivity contribution in [3.05, 3.63) is 40.9 Å². The summed E-state index contributed by atoms with van der Waals surface area (Å²) in [6.45, 7) is 0.877. The number of carboxylic acids is 1. The van der Waals surface area contributed by atoms with Gasteiger partial charge in [-0.15, -0.1) is 0 Å². The summed E-state index contributed by atoms with van der Waals surface area (Å²) in [4.78, 5) is 10.4. The molecule has 0 bridgehead atoms. The summed E-state index contributed by atoms with van der Waals surface area (Å²) in [6, 6.07) is 12.6. The second kappa shape index (κ2) is 7.29. The first-order chi connectivity index (χ1) is 9.65. The van der Waals surface area contributed by atoms with Crippen molar-refractivity contribution < 1.29 is 9.90 Å². The largest absolute Gasteiger partial charge is 0.481 e. The van der Waals surface area contributed by atoms with E-state index < -0.39 is 5.97 Å². The zero-order valence-corrected chi connectivity index (χ0v) is 12.8. The van der Waals surface area contributed by atoms with Crippen molar-refractivity contribution in [3.63, 3.8) is 0 Å². The van der Waals surface area contributed by atoms with Crippen molar-refractivity contribution in [1.82, 2.24) is 0 Å². The highest BCUT2D eigenvalue weighted by Crippen LogP contribution is 2.23. The quantitative estimate of drug-likeness (QED) is 0.723. The van der Waals surface area contributed by atoms with Crippen molar-refractivity contribution in [2.24, 2.45) is 0 Å². The van der Waals surface area contributed by atoms with Crippen LogP contribution >= 0.6 is 15.9 Å². The molecule has 0 radical (unpaired) electrons. The van der Waals surface area contributed by atoms with E-state index in [1.165, 1.54) is 10.8 Å². The molecule has 0 amide bonds. The first kappa shape index (κ1) is 14.9. The number of carbonyl (C=O) groups is 1. The molecule has 2 aromatic carbocycles. The van der Waals surface area contributed by atoms with Crippen LogP contribution in [0.3, 0.4) is 0 Å². The third-order valence-electron chi connectivity index (χ3n) is 3.20. The lowest BCUT2D eigenvalue weighted by Gasteiger charge is -2.07. The van der Waals surface area contributed by atoms with Gasteiger partial charge in [-0.1, -0.05) is 34.5 Å². The molecule has 4 heteroatoms. The van der Waals surface area contributed by atoms with Gasteiger partial charge in [0.25, 0.3) is 0 Å². The van der Waals surface area contributed by atoms with Crippen LogP contribution in [0.5, 0.6) is 0 Å². The molecule has 0 aliphatic heterocycles. The van der Waals surface area contributed by atoms with Gasteiger partial charge in [-0.3, -0.25) is 4.79 Å². The maximum atomic E-state index is 10.4. The standard InChI is InChI=1S/C16H18BrNO2/c17-14-7-5-13-11-15(8-6-12(13)10-14)18-9-3-1-2-4-16(19)20/h5-8,10-11,18H,1-4,9H2,(H,19,20). The van der Waals surface area contributed by atoms with E-state index in [0.29, 0.717) is 0 Å². The highest BCUT2D eigenvalue weighted by molar-refractivity contribution is 9.10. The number of fused-ring (bicyclic) bond motifs is 1. The molecule has 0 saturated carbocycles. The molecule has 0 fully saturated rings. The van der Waals surface area contributed by atoms with Crippen LogP contribution in [0.2, 0.25) is 0 Å². The smallest absolute Gasteiger partial charge is 0.303 e. The van der Waals surface area contributed by atoms with Gasteiger partial charge in [0.1, 0.15) is 0 Å². The zero-order chi connectivity index (χ0) is 14.4. The molecule has 0 aliphatic rings. The fourth-order valence-corrected chi connectivity index (χ4v) is 2.52. The fraction of sp³-hybridized carbons (Fsp3) is 0.312. The predicted molar refractivity (Wildman–Crippen MR) is 86.2 cm³/mol. The van der Waals surface area contributed by atoms with E-state index in [-0.39, 0.29) is 6.42 Å². The summed E-state index contributed by atoms with van der Waals surface area (Å²) < 4.78 is 1.09. The molecule has 106 valence electrons. The van der Waals surface area contributed by atoms with Crippen LogP contribution < -0.4 is 5.32 Å². The molecule has 2 N–H and O–H groups in total. The van der Waals surface area contributed by atoms with E-state index in [2.05, 4.69) is 51.6 Å². The molecule has 2 aromatic rings. The molecule has 0 atom stereocenters. The number of halogens is 1. The van der Waals surface area contributed by atoms with Gasteiger partial charge < -0.3 is 10.4 Å². The minimum Gasteiger partial charge on any atom is -0.481 e. The maximum absolute atomic E-state index is 10.4. The second-order valence-corrected chi connectivity index (χ2v) is 5.75. The predicted octanol–water partition coefficient (Wildman–Crippen LogP) is 4.66.